The molecule has 2 aromatic heterocycles. The molecule has 1 atom stereocenters. The maximum atomic E-state index is 12.7. The number of nitrogens with one attached hydrogen (secondary N) is 1. The Labute approximate surface area is 194 Å². The monoisotopic (exact) mass is 461 g/mol. The van der Waals surface area contributed by atoms with E-state index in [0.717, 1.165) is 15.7 Å². The van der Waals surface area contributed by atoms with Crippen molar-refractivity contribution in [2.45, 2.75) is 19.6 Å². The van der Waals surface area contributed by atoms with Crippen LogP contribution in [-0.4, -0.2) is 36.7 Å². The summed E-state index contributed by atoms with van der Waals surface area (Å²) in [5, 5.41) is 2.81. The van der Waals surface area contributed by atoms with Crippen LogP contribution in [0.15, 0.2) is 70.5 Å². The number of amides is 1. The number of para-hydroxylation sites is 1. The molecule has 2 aromatic carbocycles. The van der Waals surface area contributed by atoms with Gasteiger partial charge in [0.2, 0.25) is 0 Å². The van der Waals surface area contributed by atoms with Gasteiger partial charge in [-0.2, -0.15) is 0 Å². The molecular formula is C24H23N5O5. The molecule has 0 bridgehead atoms. The van der Waals surface area contributed by atoms with Crippen LogP contribution in [0.3, 0.4) is 0 Å². The molecule has 0 saturated carbocycles. The van der Waals surface area contributed by atoms with Crippen molar-refractivity contribution in [3.63, 3.8) is 0 Å². The molecule has 0 aliphatic rings. The predicted octanol–water partition coefficient (Wildman–Crippen LogP) is 1.67. The lowest BCUT2D eigenvalue weighted by Gasteiger charge is -2.16. The summed E-state index contributed by atoms with van der Waals surface area (Å²) in [7, 11) is 2.83. The molecule has 0 aliphatic carbocycles. The van der Waals surface area contributed by atoms with Crippen LogP contribution in [0.4, 0.5) is 5.69 Å². The van der Waals surface area contributed by atoms with Crippen molar-refractivity contribution in [3.05, 3.63) is 81.8 Å². The van der Waals surface area contributed by atoms with Crippen molar-refractivity contribution in [3.8, 4) is 11.1 Å². The summed E-state index contributed by atoms with van der Waals surface area (Å²) < 4.78 is 8.76. The van der Waals surface area contributed by atoms with Gasteiger partial charge < -0.3 is 14.6 Å². The van der Waals surface area contributed by atoms with E-state index >= 15 is 0 Å². The van der Waals surface area contributed by atoms with Gasteiger partial charge in [0, 0.05) is 25.3 Å². The van der Waals surface area contributed by atoms with Crippen LogP contribution in [-0.2, 0) is 35.0 Å². The number of carbonyl (C=O) groups excluding carboxylic acids is 2. The second kappa shape index (κ2) is 9.18. The zero-order valence-electron chi connectivity index (χ0n) is 18.9. The minimum atomic E-state index is -1.08. The third-order valence-corrected chi connectivity index (χ3v) is 5.46. The number of anilines is 1. The highest BCUT2D eigenvalue weighted by molar-refractivity contribution is 5.98. The van der Waals surface area contributed by atoms with Gasteiger partial charge in [0.25, 0.3) is 11.5 Å². The minimum absolute atomic E-state index is 0.0930. The average molecular weight is 461 g/mol. The molecular weight excluding hydrogens is 438 g/mol. The Morgan fingerprint density at radius 2 is 1.68 bits per heavy atom. The Morgan fingerprint density at radius 1 is 1.00 bits per heavy atom. The van der Waals surface area contributed by atoms with E-state index in [1.54, 1.807) is 12.1 Å². The van der Waals surface area contributed by atoms with E-state index < -0.39 is 29.2 Å². The Morgan fingerprint density at radius 3 is 2.41 bits per heavy atom. The second-order valence-corrected chi connectivity index (χ2v) is 7.78. The lowest BCUT2D eigenvalue weighted by atomic mass is 10.0. The summed E-state index contributed by atoms with van der Waals surface area (Å²) in [6.45, 7) is 1.12. The number of carbonyl (C=O) groups is 2. The van der Waals surface area contributed by atoms with Crippen LogP contribution >= 0.6 is 0 Å². The van der Waals surface area contributed by atoms with Gasteiger partial charge in [-0.3, -0.25) is 23.5 Å². The number of imidazole rings is 1. The Balaban J connectivity index is 1.48. The first kappa shape index (κ1) is 22.7. The molecule has 0 fully saturated rings. The zero-order chi connectivity index (χ0) is 24.4. The number of fused-ring (bicyclic) bond motifs is 1. The fourth-order valence-electron chi connectivity index (χ4n) is 3.64. The van der Waals surface area contributed by atoms with E-state index in [9.17, 15) is 19.2 Å². The number of rotatable bonds is 6. The van der Waals surface area contributed by atoms with Gasteiger partial charge in [0.1, 0.15) is 6.54 Å². The number of benzene rings is 2. The molecule has 0 aliphatic heterocycles. The molecule has 174 valence electrons. The Kier molecular flexibility index (Phi) is 6.13. The number of hydrogen-bond donors (Lipinski definition) is 1. The van der Waals surface area contributed by atoms with Crippen LogP contribution in [0.25, 0.3) is 22.3 Å². The number of esters is 1. The maximum absolute atomic E-state index is 12.7. The maximum Gasteiger partial charge on any atom is 0.332 e. The lowest BCUT2D eigenvalue weighted by Crippen LogP contribution is -2.38. The first-order valence-electron chi connectivity index (χ1n) is 10.5. The third-order valence-electron chi connectivity index (χ3n) is 5.46. The van der Waals surface area contributed by atoms with Crippen LogP contribution < -0.4 is 16.6 Å². The normalized spacial score (nSPS) is 11.9. The summed E-state index contributed by atoms with van der Waals surface area (Å²) in [6.07, 6.45) is 0.200. The molecule has 0 radical (unpaired) electrons. The van der Waals surface area contributed by atoms with Crippen LogP contribution in [0.2, 0.25) is 0 Å². The molecule has 1 N–H and O–H groups in total. The van der Waals surface area contributed by atoms with Crippen LogP contribution in [0, 0.1) is 0 Å². The summed E-state index contributed by atoms with van der Waals surface area (Å²) in [6, 6.07) is 16.9. The summed E-state index contributed by atoms with van der Waals surface area (Å²) >= 11 is 0. The summed E-state index contributed by atoms with van der Waals surface area (Å²) in [4.78, 5) is 53.9. The van der Waals surface area contributed by atoms with Gasteiger partial charge in [-0.1, -0.05) is 48.5 Å². The minimum Gasteiger partial charge on any atom is -0.451 e. The summed E-state index contributed by atoms with van der Waals surface area (Å²) in [5.74, 6) is -1.22. The molecule has 4 rings (SSSR count). The Bertz CT molecular complexity index is 1500. The van der Waals surface area contributed by atoms with E-state index in [-0.39, 0.29) is 17.7 Å². The number of aromatic nitrogens is 4. The van der Waals surface area contributed by atoms with Gasteiger partial charge in [0.15, 0.2) is 17.3 Å². The van der Waals surface area contributed by atoms with E-state index in [0.29, 0.717) is 5.69 Å². The van der Waals surface area contributed by atoms with Gasteiger partial charge in [-0.15, -0.1) is 0 Å². The van der Waals surface area contributed by atoms with Crippen molar-refractivity contribution < 1.29 is 14.3 Å². The standard InChI is InChI=1S/C24H23N5O5/c1-15(22(31)26-18-12-8-7-11-17(18)16-9-5-4-6-10-16)34-19(30)13-29-14-25-21-20(29)23(32)28(3)24(33)27(21)2/h4-12,14-15H,13H2,1-3H3,(H,26,31). The van der Waals surface area contributed by atoms with Gasteiger partial charge in [0.05, 0.1) is 6.33 Å². The second-order valence-electron chi connectivity index (χ2n) is 7.78. The quantitative estimate of drug-likeness (QED) is 0.437. The SMILES string of the molecule is CC(OC(=O)Cn1cnc2c1c(=O)n(C)c(=O)n2C)C(=O)Nc1ccccc1-c1ccccc1. The fraction of sp³-hybridized carbons (Fsp3) is 0.208. The topological polar surface area (TPSA) is 117 Å². The molecule has 34 heavy (non-hydrogen) atoms. The summed E-state index contributed by atoms with van der Waals surface area (Å²) in [5.41, 5.74) is 1.51. The van der Waals surface area contributed by atoms with E-state index in [1.165, 1.54) is 36.5 Å². The van der Waals surface area contributed by atoms with Crippen molar-refractivity contribution in [2.75, 3.05) is 5.32 Å². The fourth-order valence-corrected chi connectivity index (χ4v) is 3.64. The zero-order valence-corrected chi connectivity index (χ0v) is 18.9. The van der Waals surface area contributed by atoms with Gasteiger partial charge >= 0.3 is 11.7 Å². The van der Waals surface area contributed by atoms with Gasteiger partial charge in [-0.05, 0) is 18.6 Å². The molecule has 1 amide bonds. The molecule has 4 aromatic rings. The average Bonchev–Trinajstić information content (AvgIpc) is 3.25. The van der Waals surface area contributed by atoms with E-state index in [2.05, 4.69) is 10.3 Å². The largest absolute Gasteiger partial charge is 0.451 e. The predicted molar refractivity (Wildman–Crippen MR) is 126 cm³/mol. The van der Waals surface area contributed by atoms with Crippen LogP contribution in [0.1, 0.15) is 6.92 Å². The molecule has 10 nitrogen and oxygen atoms in total. The highest BCUT2D eigenvalue weighted by atomic mass is 16.5. The smallest absolute Gasteiger partial charge is 0.332 e. The van der Waals surface area contributed by atoms with Crippen molar-refractivity contribution in [2.24, 2.45) is 14.1 Å². The first-order chi connectivity index (χ1) is 16.3. The van der Waals surface area contributed by atoms with Gasteiger partial charge in [-0.25, -0.2) is 9.78 Å². The highest BCUT2D eigenvalue weighted by Crippen LogP contribution is 2.27. The molecule has 1 unspecified atom stereocenters. The highest BCUT2D eigenvalue weighted by Gasteiger charge is 2.21. The number of nitrogens with zero attached hydrogens (tertiary/aromatic N) is 4. The molecule has 0 saturated heterocycles. The molecule has 0 spiro atoms. The first-order valence-corrected chi connectivity index (χ1v) is 10.5. The van der Waals surface area contributed by atoms with E-state index in [1.807, 2.05) is 42.5 Å². The van der Waals surface area contributed by atoms with Crippen molar-refractivity contribution >= 4 is 28.7 Å². The number of hydrogen-bond acceptors (Lipinski definition) is 6. The lowest BCUT2D eigenvalue weighted by molar-refractivity contribution is -0.153. The molecule has 10 heteroatoms. The van der Waals surface area contributed by atoms with Crippen LogP contribution in [0.5, 0.6) is 0 Å². The Hall–Kier alpha value is -4.47. The van der Waals surface area contributed by atoms with Crippen molar-refractivity contribution in [1.82, 2.24) is 18.7 Å². The van der Waals surface area contributed by atoms with E-state index in [4.69, 9.17) is 4.74 Å². The van der Waals surface area contributed by atoms with Crippen molar-refractivity contribution in [1.29, 1.82) is 0 Å². The molecule has 2 heterocycles. The third kappa shape index (κ3) is 4.25. The number of ether oxygens (including phenoxy) is 1. The number of aryl methyl sites for hydroxylation is 1.